The van der Waals surface area contributed by atoms with Crippen molar-refractivity contribution in [2.45, 2.75) is 39.3 Å². The first-order chi connectivity index (χ1) is 12.4. The van der Waals surface area contributed by atoms with Crippen molar-refractivity contribution >= 4 is 5.91 Å². The van der Waals surface area contributed by atoms with E-state index in [1.165, 1.54) is 11.1 Å². The van der Waals surface area contributed by atoms with Gasteiger partial charge in [0.05, 0.1) is 7.11 Å². The number of methoxy groups -OCH3 is 1. The lowest BCUT2D eigenvalue weighted by atomic mass is 9.94. The molecule has 2 aromatic carbocycles. The number of ether oxygens (including phenoxy) is 1. The van der Waals surface area contributed by atoms with Crippen molar-refractivity contribution in [3.8, 4) is 5.75 Å². The number of nitrogens with zero attached hydrogens (tertiary/aromatic N) is 1. The zero-order valence-corrected chi connectivity index (χ0v) is 16.1. The Balaban J connectivity index is 1.64. The number of carbonyl (C=O) groups excluding carboxylic acids is 1. The van der Waals surface area contributed by atoms with Crippen LogP contribution in [0.25, 0.3) is 0 Å². The van der Waals surface area contributed by atoms with Gasteiger partial charge in [-0.25, -0.2) is 0 Å². The minimum absolute atomic E-state index is 0.0613. The van der Waals surface area contributed by atoms with Crippen LogP contribution in [-0.2, 0) is 13.0 Å². The molecule has 0 fully saturated rings. The lowest BCUT2D eigenvalue weighted by Gasteiger charge is -2.41. The molecule has 4 heteroatoms. The molecule has 1 amide bonds. The van der Waals surface area contributed by atoms with Gasteiger partial charge >= 0.3 is 0 Å². The Hall–Kier alpha value is -2.33. The van der Waals surface area contributed by atoms with Crippen LogP contribution < -0.4 is 10.1 Å². The molecule has 0 unspecified atom stereocenters. The molecular formula is C22H28N2O2. The molecule has 0 bridgehead atoms. The quantitative estimate of drug-likeness (QED) is 0.894. The summed E-state index contributed by atoms with van der Waals surface area (Å²) in [5.41, 5.74) is 4.37. The fourth-order valence-corrected chi connectivity index (χ4v) is 3.48. The maximum atomic E-state index is 12.6. The van der Waals surface area contributed by atoms with E-state index in [-0.39, 0.29) is 11.4 Å². The van der Waals surface area contributed by atoms with Gasteiger partial charge in [0.1, 0.15) is 5.75 Å². The average Bonchev–Trinajstić information content (AvgIpc) is 2.66. The largest absolute Gasteiger partial charge is 0.496 e. The van der Waals surface area contributed by atoms with Gasteiger partial charge in [-0.2, -0.15) is 0 Å². The molecule has 3 rings (SSSR count). The van der Waals surface area contributed by atoms with Crippen molar-refractivity contribution in [2.24, 2.45) is 0 Å². The van der Waals surface area contributed by atoms with E-state index in [1.807, 2.05) is 19.1 Å². The number of fused-ring (bicyclic) bond motifs is 1. The summed E-state index contributed by atoms with van der Waals surface area (Å²) >= 11 is 0. The van der Waals surface area contributed by atoms with Gasteiger partial charge in [0.25, 0.3) is 5.91 Å². The van der Waals surface area contributed by atoms with Crippen molar-refractivity contribution in [1.29, 1.82) is 0 Å². The Morgan fingerprint density at radius 3 is 2.65 bits per heavy atom. The number of rotatable bonds is 5. The van der Waals surface area contributed by atoms with E-state index in [0.717, 1.165) is 30.8 Å². The van der Waals surface area contributed by atoms with E-state index in [2.05, 4.69) is 48.3 Å². The summed E-state index contributed by atoms with van der Waals surface area (Å²) < 4.78 is 5.32. The highest BCUT2D eigenvalue weighted by atomic mass is 16.5. The second-order valence-corrected chi connectivity index (χ2v) is 7.62. The molecule has 4 nitrogen and oxygen atoms in total. The second-order valence-electron chi connectivity index (χ2n) is 7.62. The fourth-order valence-electron chi connectivity index (χ4n) is 3.48. The molecule has 0 aliphatic carbocycles. The Morgan fingerprint density at radius 2 is 1.92 bits per heavy atom. The maximum absolute atomic E-state index is 12.6. The van der Waals surface area contributed by atoms with Gasteiger partial charge in [-0.05, 0) is 56.0 Å². The van der Waals surface area contributed by atoms with Crippen LogP contribution in [0.1, 0.15) is 40.9 Å². The average molecular weight is 352 g/mol. The topological polar surface area (TPSA) is 41.6 Å². The predicted octanol–water partition coefficient (Wildman–Crippen LogP) is 3.57. The number of hydrogen-bond donors (Lipinski definition) is 1. The molecule has 0 atom stereocenters. The smallest absolute Gasteiger partial charge is 0.251 e. The van der Waals surface area contributed by atoms with Crippen LogP contribution in [0, 0.1) is 6.92 Å². The third-order valence-corrected chi connectivity index (χ3v) is 5.34. The number of benzene rings is 2. The standard InChI is InChI=1S/C22H28N2O2/c1-16-9-10-18(13-20(16)26-4)21(25)23-15-22(2,3)24-12-11-17-7-5-6-8-19(17)14-24/h5-10,13H,11-12,14-15H2,1-4H3,(H,23,25). The van der Waals surface area contributed by atoms with Crippen LogP contribution >= 0.6 is 0 Å². The Labute approximate surface area is 156 Å². The third kappa shape index (κ3) is 3.91. The van der Waals surface area contributed by atoms with Crippen molar-refractivity contribution in [3.63, 3.8) is 0 Å². The summed E-state index contributed by atoms with van der Waals surface area (Å²) in [7, 11) is 1.63. The minimum atomic E-state index is -0.113. The van der Waals surface area contributed by atoms with Gasteiger partial charge in [-0.15, -0.1) is 0 Å². The van der Waals surface area contributed by atoms with E-state index in [4.69, 9.17) is 4.74 Å². The Bertz CT molecular complexity index is 798. The molecule has 1 aliphatic heterocycles. The zero-order chi connectivity index (χ0) is 18.7. The summed E-state index contributed by atoms with van der Waals surface area (Å²) in [5.74, 6) is 0.679. The monoisotopic (exact) mass is 352 g/mol. The van der Waals surface area contributed by atoms with Crippen LogP contribution in [0.4, 0.5) is 0 Å². The second kappa shape index (κ2) is 7.50. The first-order valence-corrected chi connectivity index (χ1v) is 9.15. The van der Waals surface area contributed by atoms with Gasteiger partial charge in [-0.3, -0.25) is 9.69 Å². The van der Waals surface area contributed by atoms with E-state index in [1.54, 1.807) is 13.2 Å². The van der Waals surface area contributed by atoms with Crippen LogP contribution in [0.3, 0.4) is 0 Å². The highest BCUT2D eigenvalue weighted by Crippen LogP contribution is 2.25. The fraction of sp³-hybridized carbons (Fsp3) is 0.409. The van der Waals surface area contributed by atoms with Crippen molar-refractivity contribution in [2.75, 3.05) is 20.2 Å². The van der Waals surface area contributed by atoms with E-state index < -0.39 is 0 Å². The van der Waals surface area contributed by atoms with Crippen LogP contribution in [0.5, 0.6) is 5.75 Å². The molecular weight excluding hydrogens is 324 g/mol. The van der Waals surface area contributed by atoms with E-state index in [0.29, 0.717) is 12.1 Å². The number of amides is 1. The number of hydrogen-bond acceptors (Lipinski definition) is 3. The highest BCUT2D eigenvalue weighted by Gasteiger charge is 2.30. The summed E-state index contributed by atoms with van der Waals surface area (Å²) in [5, 5.41) is 3.10. The lowest BCUT2D eigenvalue weighted by Crippen LogP contribution is -2.53. The molecule has 1 aliphatic rings. The van der Waals surface area contributed by atoms with Crippen molar-refractivity contribution < 1.29 is 9.53 Å². The lowest BCUT2D eigenvalue weighted by molar-refractivity contribution is 0.0826. The Morgan fingerprint density at radius 1 is 1.19 bits per heavy atom. The molecule has 1 heterocycles. The summed E-state index contributed by atoms with van der Waals surface area (Å²) in [6, 6.07) is 14.2. The van der Waals surface area contributed by atoms with Crippen molar-refractivity contribution in [1.82, 2.24) is 10.2 Å². The Kier molecular flexibility index (Phi) is 5.33. The number of carbonyl (C=O) groups is 1. The molecule has 0 spiro atoms. The number of nitrogens with one attached hydrogen (secondary N) is 1. The predicted molar refractivity (Wildman–Crippen MR) is 105 cm³/mol. The van der Waals surface area contributed by atoms with Crippen LogP contribution in [-0.4, -0.2) is 36.5 Å². The molecule has 1 N–H and O–H groups in total. The molecule has 0 aromatic heterocycles. The van der Waals surface area contributed by atoms with Crippen LogP contribution in [0.15, 0.2) is 42.5 Å². The van der Waals surface area contributed by atoms with Gasteiger partial charge in [0.15, 0.2) is 0 Å². The molecule has 0 saturated heterocycles. The third-order valence-electron chi connectivity index (χ3n) is 5.34. The molecule has 138 valence electrons. The summed E-state index contributed by atoms with van der Waals surface area (Å²) in [4.78, 5) is 15.0. The SMILES string of the molecule is COc1cc(C(=O)NCC(C)(C)N2CCc3ccccc3C2)ccc1C. The first kappa shape index (κ1) is 18.5. The van der Waals surface area contributed by atoms with E-state index in [9.17, 15) is 4.79 Å². The van der Waals surface area contributed by atoms with Gasteiger partial charge in [0, 0.05) is 30.7 Å². The molecule has 0 saturated carbocycles. The normalized spacial score (nSPS) is 14.6. The summed E-state index contributed by atoms with van der Waals surface area (Å²) in [6.45, 7) is 8.89. The van der Waals surface area contributed by atoms with Crippen LogP contribution in [0.2, 0.25) is 0 Å². The molecule has 26 heavy (non-hydrogen) atoms. The zero-order valence-electron chi connectivity index (χ0n) is 16.1. The van der Waals surface area contributed by atoms with Gasteiger partial charge in [0.2, 0.25) is 0 Å². The molecule has 0 radical (unpaired) electrons. The molecule has 2 aromatic rings. The minimum Gasteiger partial charge on any atom is -0.496 e. The van der Waals surface area contributed by atoms with Gasteiger partial charge in [-0.1, -0.05) is 30.3 Å². The van der Waals surface area contributed by atoms with Crippen molar-refractivity contribution in [3.05, 3.63) is 64.7 Å². The van der Waals surface area contributed by atoms with E-state index >= 15 is 0 Å². The summed E-state index contributed by atoms with van der Waals surface area (Å²) in [6.07, 6.45) is 1.06. The van der Waals surface area contributed by atoms with Gasteiger partial charge < -0.3 is 10.1 Å². The highest BCUT2D eigenvalue weighted by molar-refractivity contribution is 5.94. The maximum Gasteiger partial charge on any atom is 0.251 e. The number of aryl methyl sites for hydroxylation is 1. The first-order valence-electron chi connectivity index (χ1n) is 9.15.